The SMILES string of the molecule is CCC(=S)Nc1cccs1. The van der Waals surface area contributed by atoms with Crippen LogP contribution in [0.3, 0.4) is 0 Å². The summed E-state index contributed by atoms with van der Waals surface area (Å²) < 4.78 is 0. The van der Waals surface area contributed by atoms with Gasteiger partial charge in [0.25, 0.3) is 0 Å². The average molecular weight is 171 g/mol. The Balaban J connectivity index is 2.48. The number of anilines is 1. The summed E-state index contributed by atoms with van der Waals surface area (Å²) in [4.78, 5) is 0.905. The van der Waals surface area contributed by atoms with E-state index in [4.69, 9.17) is 12.2 Å². The Morgan fingerprint density at radius 2 is 2.60 bits per heavy atom. The molecule has 0 aliphatic carbocycles. The largest absolute Gasteiger partial charge is 0.342 e. The van der Waals surface area contributed by atoms with Crippen molar-refractivity contribution in [3.63, 3.8) is 0 Å². The summed E-state index contributed by atoms with van der Waals surface area (Å²) in [5, 5.41) is 6.28. The summed E-state index contributed by atoms with van der Waals surface area (Å²) >= 11 is 6.67. The highest BCUT2D eigenvalue weighted by Gasteiger charge is 1.93. The molecule has 0 saturated carbocycles. The van der Waals surface area contributed by atoms with Crippen molar-refractivity contribution in [2.24, 2.45) is 0 Å². The third-order valence-corrected chi connectivity index (χ3v) is 2.28. The van der Waals surface area contributed by atoms with Gasteiger partial charge in [-0.25, -0.2) is 0 Å². The molecule has 1 nitrogen and oxygen atoms in total. The molecular weight excluding hydrogens is 162 g/mol. The summed E-state index contributed by atoms with van der Waals surface area (Å²) in [6.07, 6.45) is 0.910. The van der Waals surface area contributed by atoms with Crippen molar-refractivity contribution >= 4 is 33.5 Å². The highest BCUT2D eigenvalue weighted by atomic mass is 32.1. The minimum absolute atomic E-state index is 0.905. The standard InChI is InChI=1S/C7H9NS2/c1-2-6(9)8-7-4-3-5-10-7/h3-5H,2H2,1H3,(H,8,9). The lowest BCUT2D eigenvalue weighted by Crippen LogP contribution is -2.04. The molecule has 0 amide bonds. The predicted octanol–water partition coefficient (Wildman–Crippen LogP) is 2.90. The van der Waals surface area contributed by atoms with Gasteiger partial charge in [-0.1, -0.05) is 19.1 Å². The Hall–Kier alpha value is -0.410. The lowest BCUT2D eigenvalue weighted by Gasteiger charge is -1.99. The second-order valence-electron chi connectivity index (χ2n) is 1.88. The third kappa shape index (κ3) is 2.08. The van der Waals surface area contributed by atoms with Crippen LogP contribution >= 0.6 is 23.6 Å². The second-order valence-corrected chi connectivity index (χ2v) is 3.32. The zero-order valence-electron chi connectivity index (χ0n) is 5.76. The molecule has 0 saturated heterocycles. The Bertz CT molecular complexity index is 203. The van der Waals surface area contributed by atoms with Crippen molar-refractivity contribution < 1.29 is 0 Å². The quantitative estimate of drug-likeness (QED) is 0.687. The van der Waals surface area contributed by atoms with Crippen LogP contribution in [0.1, 0.15) is 13.3 Å². The van der Waals surface area contributed by atoms with Crippen LogP contribution in [0.2, 0.25) is 0 Å². The van der Waals surface area contributed by atoms with Crippen molar-refractivity contribution in [1.82, 2.24) is 0 Å². The van der Waals surface area contributed by atoms with Gasteiger partial charge in [0, 0.05) is 0 Å². The first-order valence-corrected chi connectivity index (χ1v) is 4.45. The molecule has 1 rings (SSSR count). The number of hydrogen-bond acceptors (Lipinski definition) is 2. The van der Waals surface area contributed by atoms with Gasteiger partial charge in [-0.3, -0.25) is 0 Å². The van der Waals surface area contributed by atoms with Crippen molar-refractivity contribution in [2.75, 3.05) is 5.32 Å². The lowest BCUT2D eigenvalue weighted by atomic mass is 10.5. The minimum atomic E-state index is 0.905. The minimum Gasteiger partial charge on any atom is -0.342 e. The van der Waals surface area contributed by atoms with E-state index in [9.17, 15) is 0 Å². The van der Waals surface area contributed by atoms with E-state index in [1.807, 2.05) is 24.4 Å². The molecule has 1 heterocycles. The molecule has 1 N–H and O–H groups in total. The molecule has 0 aliphatic heterocycles. The molecule has 10 heavy (non-hydrogen) atoms. The zero-order chi connectivity index (χ0) is 7.40. The Kier molecular flexibility index (Phi) is 2.83. The second kappa shape index (κ2) is 3.68. The Morgan fingerprint density at radius 3 is 3.10 bits per heavy atom. The molecule has 1 aromatic rings. The monoisotopic (exact) mass is 171 g/mol. The van der Waals surface area contributed by atoms with Gasteiger partial charge in [-0.2, -0.15) is 0 Å². The van der Waals surface area contributed by atoms with E-state index >= 15 is 0 Å². The van der Waals surface area contributed by atoms with Crippen LogP contribution in [0, 0.1) is 0 Å². The van der Waals surface area contributed by atoms with Gasteiger partial charge in [-0.15, -0.1) is 11.3 Å². The van der Waals surface area contributed by atoms with E-state index < -0.39 is 0 Å². The van der Waals surface area contributed by atoms with E-state index in [1.165, 1.54) is 0 Å². The van der Waals surface area contributed by atoms with E-state index in [-0.39, 0.29) is 0 Å². The summed E-state index contributed by atoms with van der Waals surface area (Å²) in [7, 11) is 0. The third-order valence-electron chi connectivity index (χ3n) is 1.10. The molecule has 0 radical (unpaired) electrons. The molecule has 0 aliphatic rings. The maximum atomic E-state index is 5.00. The van der Waals surface area contributed by atoms with Gasteiger partial charge in [-0.05, 0) is 23.9 Å². The van der Waals surface area contributed by atoms with Crippen molar-refractivity contribution in [3.05, 3.63) is 17.5 Å². The van der Waals surface area contributed by atoms with E-state index in [0.717, 1.165) is 16.4 Å². The smallest absolute Gasteiger partial charge is 0.0930 e. The molecule has 1 aromatic heterocycles. The van der Waals surface area contributed by atoms with Gasteiger partial charge in [0.05, 0.1) is 9.99 Å². The van der Waals surface area contributed by atoms with Crippen molar-refractivity contribution in [2.45, 2.75) is 13.3 Å². The number of nitrogens with one attached hydrogen (secondary N) is 1. The van der Waals surface area contributed by atoms with E-state index in [2.05, 4.69) is 5.32 Å². The average Bonchev–Trinajstić information content (AvgIpc) is 2.40. The van der Waals surface area contributed by atoms with Crippen LogP contribution in [-0.2, 0) is 0 Å². The van der Waals surface area contributed by atoms with Crippen LogP contribution < -0.4 is 5.32 Å². The van der Waals surface area contributed by atoms with Gasteiger partial charge in [0.1, 0.15) is 0 Å². The lowest BCUT2D eigenvalue weighted by molar-refractivity contribution is 1.31. The highest BCUT2D eigenvalue weighted by molar-refractivity contribution is 7.80. The Labute approximate surface area is 70.1 Å². The summed E-state index contributed by atoms with van der Waals surface area (Å²) in [5.41, 5.74) is 0. The number of thiophene rings is 1. The molecule has 0 unspecified atom stereocenters. The maximum Gasteiger partial charge on any atom is 0.0930 e. The normalized spacial score (nSPS) is 9.30. The molecule has 54 valence electrons. The first-order chi connectivity index (χ1) is 4.83. The number of hydrogen-bond donors (Lipinski definition) is 1. The van der Waals surface area contributed by atoms with Crippen molar-refractivity contribution in [3.8, 4) is 0 Å². The molecule has 0 bridgehead atoms. The summed E-state index contributed by atoms with van der Waals surface area (Å²) in [6, 6.07) is 4.03. The van der Waals surface area contributed by atoms with Crippen LogP contribution in [0.25, 0.3) is 0 Å². The fourth-order valence-corrected chi connectivity index (χ4v) is 1.39. The van der Waals surface area contributed by atoms with Gasteiger partial charge >= 0.3 is 0 Å². The van der Waals surface area contributed by atoms with Crippen LogP contribution in [-0.4, -0.2) is 4.99 Å². The van der Waals surface area contributed by atoms with E-state index in [0.29, 0.717) is 0 Å². The molecule has 3 heteroatoms. The molecule has 0 fully saturated rings. The first kappa shape index (κ1) is 7.69. The van der Waals surface area contributed by atoms with E-state index in [1.54, 1.807) is 11.3 Å². The molecular formula is C7H9NS2. The molecule has 0 aromatic carbocycles. The van der Waals surface area contributed by atoms with Gasteiger partial charge in [0.2, 0.25) is 0 Å². The van der Waals surface area contributed by atoms with Crippen molar-refractivity contribution in [1.29, 1.82) is 0 Å². The fourth-order valence-electron chi connectivity index (χ4n) is 0.575. The molecule has 0 spiro atoms. The fraction of sp³-hybridized carbons (Fsp3) is 0.286. The highest BCUT2D eigenvalue weighted by Crippen LogP contribution is 2.15. The Morgan fingerprint density at radius 1 is 1.80 bits per heavy atom. The van der Waals surface area contributed by atoms with Gasteiger partial charge < -0.3 is 5.32 Å². The van der Waals surface area contributed by atoms with Gasteiger partial charge in [0.15, 0.2) is 0 Å². The summed E-state index contributed by atoms with van der Waals surface area (Å²) in [6.45, 7) is 2.04. The maximum absolute atomic E-state index is 5.00. The zero-order valence-corrected chi connectivity index (χ0v) is 7.39. The first-order valence-electron chi connectivity index (χ1n) is 3.16. The predicted molar refractivity (Wildman–Crippen MR) is 50.8 cm³/mol. The number of thiocarbonyl (C=S) groups is 1. The molecule has 0 atom stereocenters. The van der Waals surface area contributed by atoms with Crippen LogP contribution in [0.15, 0.2) is 17.5 Å². The van der Waals surface area contributed by atoms with Crippen LogP contribution in [0.5, 0.6) is 0 Å². The van der Waals surface area contributed by atoms with Crippen LogP contribution in [0.4, 0.5) is 5.00 Å². The topological polar surface area (TPSA) is 12.0 Å². The number of rotatable bonds is 2. The summed E-state index contributed by atoms with van der Waals surface area (Å²) in [5.74, 6) is 0.